The van der Waals surface area contributed by atoms with Gasteiger partial charge in [0.2, 0.25) is 11.7 Å². The molecule has 3 aliphatic rings. The van der Waals surface area contributed by atoms with Gasteiger partial charge in [-0.15, -0.1) is 0 Å². The number of Topliss-reactive ketones (excluding diaryl/α,β-unsaturated/α-hetero) is 2. The Hall–Kier alpha value is -4.20. The zero-order chi connectivity index (χ0) is 34.1. The summed E-state index contributed by atoms with van der Waals surface area (Å²) in [6, 6.07) is -0.595. The summed E-state index contributed by atoms with van der Waals surface area (Å²) in [6.07, 6.45) is -0.735. The molecule has 246 valence electrons. The molecule has 0 aromatic heterocycles. The molecule has 0 saturated heterocycles. The molecule has 7 N–H and O–H groups in total. The Kier molecular flexibility index (Phi) is 8.24. The third-order valence-corrected chi connectivity index (χ3v) is 8.85. The van der Waals surface area contributed by atoms with Crippen molar-refractivity contribution >= 4 is 39.2 Å². The zero-order valence-electron chi connectivity index (χ0n) is 24.1. The van der Waals surface area contributed by atoms with Gasteiger partial charge >= 0.3 is 15.6 Å². The van der Waals surface area contributed by atoms with Crippen molar-refractivity contribution in [1.29, 1.82) is 0 Å². The molecule has 0 fully saturated rings. The fourth-order valence-corrected chi connectivity index (χ4v) is 6.56. The van der Waals surface area contributed by atoms with E-state index in [2.05, 4.69) is 4.18 Å². The summed E-state index contributed by atoms with van der Waals surface area (Å²) in [5.74, 6) is -12.0. The van der Waals surface area contributed by atoms with E-state index < -0.39 is 121 Å². The molecule has 0 bridgehead atoms. The zero-order valence-corrected chi connectivity index (χ0v) is 24.9. The van der Waals surface area contributed by atoms with Crippen LogP contribution in [0.15, 0.2) is 28.7 Å². The largest absolute Gasteiger partial charge is 0.534 e. The molecule has 1 aromatic rings. The number of aromatic hydroxyl groups is 1. The molecular formula is C26H29F3N4O11S. The molecule has 0 aliphatic heterocycles. The summed E-state index contributed by atoms with van der Waals surface area (Å²) in [7, 11) is -0.606. The van der Waals surface area contributed by atoms with Crippen LogP contribution in [0.1, 0.15) is 22.3 Å². The van der Waals surface area contributed by atoms with Crippen LogP contribution in [0.4, 0.5) is 18.9 Å². The van der Waals surface area contributed by atoms with Crippen molar-refractivity contribution in [2.75, 3.05) is 40.1 Å². The minimum atomic E-state index is -6.34. The first kappa shape index (κ1) is 33.7. The second-order valence-electron chi connectivity index (χ2n) is 11.4. The molecular weight excluding hydrogens is 633 g/mol. The van der Waals surface area contributed by atoms with Gasteiger partial charge in [0, 0.05) is 11.5 Å². The van der Waals surface area contributed by atoms with Crippen molar-refractivity contribution in [1.82, 2.24) is 9.80 Å². The van der Waals surface area contributed by atoms with Gasteiger partial charge in [0.15, 0.2) is 22.9 Å². The molecule has 0 heterocycles. The molecule has 15 nitrogen and oxygen atoms in total. The number of benzene rings is 1. The highest BCUT2D eigenvalue weighted by Crippen LogP contribution is 2.54. The molecule has 3 aliphatic carbocycles. The van der Waals surface area contributed by atoms with E-state index in [9.17, 15) is 61.2 Å². The first-order valence-electron chi connectivity index (χ1n) is 13.0. The Bertz CT molecular complexity index is 1700. The number of nitrogens with zero attached hydrogens (tertiary/aromatic N) is 2. The number of nitrogens with two attached hydrogens (primary N) is 1. The number of primary amides is 1. The fourth-order valence-electron chi connectivity index (χ4n) is 6.10. The average Bonchev–Trinajstić information content (AvgIpc) is 2.86. The number of aliphatic hydroxyl groups is 3. The lowest BCUT2D eigenvalue weighted by Crippen LogP contribution is -2.63. The van der Waals surface area contributed by atoms with Crippen molar-refractivity contribution in [3.8, 4) is 11.5 Å². The number of allylic oxidation sites excluding steroid dienone is 1. The standard InChI is InChI=1S/C26H29F3N4O11S/c1-32(2)8-13(34)31-17-12(44-45(42,43)26(27,28)29)7-10-5-9-6-11-18(33(3)4)21(37)16(24(30)40)23(39)25(11,41)22(38)15(9)19(35)14(10)20(17)36/h7,9,11,18,36-38,41H,5-6,8H2,1-4H3,(H2,30,40)(H,31,34)/t9?,11?,18-,25-/m0/s1. The number of aliphatic hydroxyl groups excluding tert-OH is 2. The van der Waals surface area contributed by atoms with Gasteiger partial charge in [-0.2, -0.15) is 21.6 Å². The van der Waals surface area contributed by atoms with E-state index in [1.165, 1.54) is 38.0 Å². The highest BCUT2D eigenvalue weighted by Gasteiger charge is 2.63. The monoisotopic (exact) mass is 662 g/mol. The molecule has 4 rings (SSSR count). The Balaban J connectivity index is 1.94. The lowest BCUT2D eigenvalue weighted by atomic mass is 9.58. The maximum Gasteiger partial charge on any atom is 0.534 e. The number of phenolic OH excluding ortho intramolecular Hbond substituents is 1. The molecule has 4 atom stereocenters. The predicted octanol–water partition coefficient (Wildman–Crippen LogP) is -0.151. The molecule has 1 aromatic carbocycles. The number of amides is 2. The number of hydrogen-bond acceptors (Lipinski definition) is 13. The number of likely N-dealkylation sites (N-methyl/N-ethyl adjacent to an activating group) is 2. The summed E-state index contributed by atoms with van der Waals surface area (Å²) in [4.78, 5) is 54.5. The van der Waals surface area contributed by atoms with Gasteiger partial charge in [-0.05, 0) is 58.6 Å². The van der Waals surface area contributed by atoms with Crippen molar-refractivity contribution in [3.05, 3.63) is 39.9 Å². The summed E-state index contributed by atoms with van der Waals surface area (Å²) in [5.41, 5.74) is -7.17. The third kappa shape index (κ3) is 5.28. The van der Waals surface area contributed by atoms with E-state index in [4.69, 9.17) is 5.73 Å². The number of nitrogens with one attached hydrogen (secondary N) is 1. The number of carbonyl (C=O) groups is 4. The number of ketones is 2. The van der Waals surface area contributed by atoms with Gasteiger partial charge in [0.1, 0.15) is 22.8 Å². The average molecular weight is 663 g/mol. The van der Waals surface area contributed by atoms with Crippen LogP contribution in [0.5, 0.6) is 11.5 Å². The van der Waals surface area contributed by atoms with Crippen LogP contribution in [-0.4, -0.2) is 114 Å². The first-order chi connectivity index (χ1) is 20.6. The predicted molar refractivity (Wildman–Crippen MR) is 146 cm³/mol. The van der Waals surface area contributed by atoms with Crippen LogP contribution >= 0.6 is 0 Å². The molecule has 45 heavy (non-hydrogen) atoms. The number of hydrogen-bond donors (Lipinski definition) is 6. The van der Waals surface area contributed by atoms with Crippen molar-refractivity contribution in [2.45, 2.75) is 30.0 Å². The number of rotatable bonds is 7. The molecule has 2 unspecified atom stereocenters. The Labute approximate surface area is 253 Å². The van der Waals surface area contributed by atoms with E-state index in [-0.39, 0.29) is 12.0 Å². The van der Waals surface area contributed by atoms with Gasteiger partial charge in [-0.1, -0.05) is 0 Å². The molecule has 2 amide bonds. The van der Waals surface area contributed by atoms with Crippen LogP contribution < -0.4 is 15.2 Å². The Morgan fingerprint density at radius 1 is 1.16 bits per heavy atom. The van der Waals surface area contributed by atoms with E-state index in [1.54, 1.807) is 0 Å². The van der Waals surface area contributed by atoms with E-state index >= 15 is 0 Å². The number of fused-ring (bicyclic) bond motifs is 3. The fraction of sp³-hybridized carbons (Fsp3) is 0.462. The number of halogens is 3. The minimum absolute atomic E-state index is 0.261. The van der Waals surface area contributed by atoms with Gasteiger partial charge in [-0.3, -0.25) is 24.1 Å². The molecule has 0 saturated carbocycles. The van der Waals surface area contributed by atoms with Crippen LogP contribution in [0.3, 0.4) is 0 Å². The van der Waals surface area contributed by atoms with Gasteiger partial charge in [-0.25, -0.2) is 0 Å². The van der Waals surface area contributed by atoms with Crippen LogP contribution in [-0.2, 0) is 30.9 Å². The van der Waals surface area contributed by atoms with Gasteiger partial charge in [0.25, 0.3) is 5.91 Å². The molecule has 0 radical (unpaired) electrons. The minimum Gasteiger partial charge on any atom is -0.510 e. The molecule has 0 spiro atoms. The molecule has 19 heteroatoms. The summed E-state index contributed by atoms with van der Waals surface area (Å²) in [5, 5.41) is 46.9. The van der Waals surface area contributed by atoms with Crippen LogP contribution in [0.2, 0.25) is 0 Å². The van der Waals surface area contributed by atoms with Crippen molar-refractivity contribution < 1.29 is 65.4 Å². The van der Waals surface area contributed by atoms with E-state index in [1.807, 2.05) is 5.32 Å². The Morgan fingerprint density at radius 2 is 1.76 bits per heavy atom. The second-order valence-corrected chi connectivity index (χ2v) is 12.9. The normalized spacial score (nSPS) is 25.2. The second kappa shape index (κ2) is 11.0. The van der Waals surface area contributed by atoms with Gasteiger partial charge < -0.3 is 40.6 Å². The maximum absolute atomic E-state index is 13.8. The maximum atomic E-state index is 13.8. The lowest BCUT2D eigenvalue weighted by Gasteiger charge is -2.50. The van der Waals surface area contributed by atoms with Crippen LogP contribution in [0.25, 0.3) is 0 Å². The van der Waals surface area contributed by atoms with E-state index in [0.717, 1.165) is 0 Å². The first-order valence-corrected chi connectivity index (χ1v) is 14.5. The van der Waals surface area contributed by atoms with Crippen LogP contribution in [0, 0.1) is 11.8 Å². The highest BCUT2D eigenvalue weighted by atomic mass is 32.2. The lowest BCUT2D eigenvalue weighted by molar-refractivity contribution is -0.148. The smallest absolute Gasteiger partial charge is 0.510 e. The number of phenols is 1. The number of anilines is 1. The summed E-state index contributed by atoms with van der Waals surface area (Å²) >= 11 is 0. The highest BCUT2D eigenvalue weighted by molar-refractivity contribution is 7.88. The number of alkyl halides is 3. The quantitative estimate of drug-likeness (QED) is 0.0965. The topological polar surface area (TPSA) is 237 Å². The van der Waals surface area contributed by atoms with Gasteiger partial charge in [0.05, 0.1) is 18.2 Å². The third-order valence-electron chi connectivity index (χ3n) is 7.88. The van der Waals surface area contributed by atoms with E-state index in [0.29, 0.717) is 6.07 Å². The van der Waals surface area contributed by atoms with Crippen molar-refractivity contribution in [3.63, 3.8) is 0 Å². The Morgan fingerprint density at radius 3 is 2.27 bits per heavy atom. The van der Waals surface area contributed by atoms with Crippen molar-refractivity contribution in [2.24, 2.45) is 17.6 Å². The summed E-state index contributed by atoms with van der Waals surface area (Å²) in [6.45, 7) is -0.407. The summed E-state index contributed by atoms with van der Waals surface area (Å²) < 4.78 is 67.7. The number of carbonyl (C=O) groups excluding carboxylic acids is 4. The SMILES string of the molecule is CN(C)CC(=O)Nc1c(OS(=O)(=O)C(F)(F)F)cc2c(c1O)C(=O)C1=C(O)[C@]3(O)C(=O)C(C(N)=O)=C(O)[C@@H](N(C)C)C3CC1C2.